The molecular weight excluding hydrogens is 288 g/mol. The van der Waals surface area contributed by atoms with Gasteiger partial charge in [0, 0.05) is 18.9 Å². The molecule has 0 aliphatic rings. The van der Waals surface area contributed by atoms with Gasteiger partial charge in [0.15, 0.2) is 0 Å². The van der Waals surface area contributed by atoms with Gasteiger partial charge in [-0.05, 0) is 6.07 Å². The first-order chi connectivity index (χ1) is 9.59. The summed E-state index contributed by atoms with van der Waals surface area (Å²) in [7, 11) is 0. The molecule has 0 bridgehead atoms. The molecule has 9 nitrogen and oxygen atoms in total. The number of carbonyl (C=O) groups excluding carboxylic acids is 1. The SMILES string of the molecule is O=C(NCCn1ccnn1)c1ccnc(Cl)c1[N+](=O)[O-]. The van der Waals surface area contributed by atoms with Gasteiger partial charge in [0.1, 0.15) is 5.56 Å². The summed E-state index contributed by atoms with van der Waals surface area (Å²) in [5, 5.41) is 20.4. The summed E-state index contributed by atoms with van der Waals surface area (Å²) in [5.41, 5.74) is -0.638. The maximum absolute atomic E-state index is 11.9. The third-order valence-electron chi connectivity index (χ3n) is 2.41. The Morgan fingerprint density at radius 1 is 1.50 bits per heavy atom. The summed E-state index contributed by atoms with van der Waals surface area (Å²) >= 11 is 5.63. The number of nitro groups is 1. The molecule has 2 heterocycles. The predicted molar refractivity (Wildman–Crippen MR) is 68.3 cm³/mol. The molecule has 2 aromatic heterocycles. The van der Waals surface area contributed by atoms with E-state index in [1.807, 2.05) is 0 Å². The molecule has 0 unspecified atom stereocenters. The number of pyridine rings is 1. The van der Waals surface area contributed by atoms with Gasteiger partial charge in [0.05, 0.1) is 17.7 Å². The second kappa shape index (κ2) is 6.06. The molecule has 1 amide bonds. The Bertz CT molecular complexity index is 630. The number of amides is 1. The maximum Gasteiger partial charge on any atom is 0.319 e. The topological polar surface area (TPSA) is 116 Å². The zero-order valence-electron chi connectivity index (χ0n) is 10.1. The molecule has 0 atom stereocenters. The largest absolute Gasteiger partial charge is 0.350 e. The van der Waals surface area contributed by atoms with Gasteiger partial charge in [-0.25, -0.2) is 4.98 Å². The predicted octanol–water partition coefficient (Wildman–Crippen LogP) is 0.665. The van der Waals surface area contributed by atoms with E-state index in [4.69, 9.17) is 11.6 Å². The fourth-order valence-electron chi connectivity index (χ4n) is 1.52. The monoisotopic (exact) mass is 296 g/mol. The Kier molecular flexibility index (Phi) is 4.20. The van der Waals surface area contributed by atoms with Crippen LogP contribution >= 0.6 is 11.6 Å². The van der Waals surface area contributed by atoms with Crippen molar-refractivity contribution < 1.29 is 9.72 Å². The van der Waals surface area contributed by atoms with Crippen LogP contribution in [0.1, 0.15) is 10.4 Å². The molecule has 0 saturated carbocycles. The van der Waals surface area contributed by atoms with Crippen molar-refractivity contribution in [1.29, 1.82) is 0 Å². The van der Waals surface area contributed by atoms with E-state index in [9.17, 15) is 14.9 Å². The minimum atomic E-state index is -0.734. The summed E-state index contributed by atoms with van der Waals surface area (Å²) in [5.74, 6) is -0.596. The van der Waals surface area contributed by atoms with Crippen molar-refractivity contribution >= 4 is 23.2 Å². The van der Waals surface area contributed by atoms with E-state index < -0.39 is 16.5 Å². The first kappa shape index (κ1) is 13.9. The smallest absolute Gasteiger partial charge is 0.319 e. The van der Waals surface area contributed by atoms with Crippen LogP contribution in [-0.4, -0.2) is 37.4 Å². The van der Waals surface area contributed by atoms with Crippen molar-refractivity contribution in [3.05, 3.63) is 45.5 Å². The number of halogens is 1. The summed E-state index contributed by atoms with van der Waals surface area (Å²) in [6.45, 7) is 0.650. The van der Waals surface area contributed by atoms with Gasteiger partial charge in [-0.1, -0.05) is 16.8 Å². The lowest BCUT2D eigenvalue weighted by molar-refractivity contribution is -0.385. The first-order valence-electron chi connectivity index (χ1n) is 5.51. The number of rotatable bonds is 5. The molecule has 0 aliphatic carbocycles. The quantitative estimate of drug-likeness (QED) is 0.492. The lowest BCUT2D eigenvalue weighted by atomic mass is 10.2. The molecule has 0 aliphatic heterocycles. The highest BCUT2D eigenvalue weighted by Crippen LogP contribution is 2.25. The van der Waals surface area contributed by atoms with E-state index in [0.29, 0.717) is 6.54 Å². The van der Waals surface area contributed by atoms with E-state index >= 15 is 0 Å². The zero-order valence-corrected chi connectivity index (χ0v) is 10.8. The Morgan fingerprint density at radius 3 is 2.95 bits per heavy atom. The molecule has 0 radical (unpaired) electrons. The Labute approximate surface area is 117 Å². The van der Waals surface area contributed by atoms with Crippen LogP contribution in [0.4, 0.5) is 5.69 Å². The second-order valence-corrected chi connectivity index (χ2v) is 4.04. The number of nitrogens with zero attached hydrogens (tertiary/aromatic N) is 5. The van der Waals surface area contributed by atoms with Crippen molar-refractivity contribution in [2.45, 2.75) is 6.54 Å². The van der Waals surface area contributed by atoms with Crippen LogP contribution in [0.2, 0.25) is 5.15 Å². The molecule has 10 heteroatoms. The Morgan fingerprint density at radius 2 is 2.30 bits per heavy atom. The van der Waals surface area contributed by atoms with Crippen LogP contribution in [0.5, 0.6) is 0 Å². The second-order valence-electron chi connectivity index (χ2n) is 3.68. The molecule has 104 valence electrons. The molecule has 0 fully saturated rings. The van der Waals surface area contributed by atoms with Gasteiger partial charge in [0.25, 0.3) is 5.91 Å². The van der Waals surface area contributed by atoms with Crippen molar-refractivity contribution in [1.82, 2.24) is 25.3 Å². The van der Waals surface area contributed by atoms with Crippen LogP contribution < -0.4 is 5.32 Å². The average Bonchev–Trinajstić information content (AvgIpc) is 2.91. The molecule has 1 N–H and O–H groups in total. The number of nitrogens with one attached hydrogen (secondary N) is 1. The highest BCUT2D eigenvalue weighted by Gasteiger charge is 2.24. The van der Waals surface area contributed by atoms with E-state index in [-0.39, 0.29) is 17.3 Å². The van der Waals surface area contributed by atoms with Crippen LogP contribution in [0.15, 0.2) is 24.7 Å². The van der Waals surface area contributed by atoms with Gasteiger partial charge >= 0.3 is 5.69 Å². The minimum Gasteiger partial charge on any atom is -0.350 e. The molecule has 0 saturated heterocycles. The van der Waals surface area contributed by atoms with Gasteiger partial charge in [0.2, 0.25) is 5.15 Å². The van der Waals surface area contributed by atoms with Crippen LogP contribution in [0.25, 0.3) is 0 Å². The first-order valence-corrected chi connectivity index (χ1v) is 5.88. The zero-order chi connectivity index (χ0) is 14.5. The van der Waals surface area contributed by atoms with E-state index in [1.54, 1.807) is 6.20 Å². The Balaban J connectivity index is 2.06. The number of carbonyl (C=O) groups is 1. The third kappa shape index (κ3) is 3.06. The van der Waals surface area contributed by atoms with Gasteiger partial charge in [-0.3, -0.25) is 19.6 Å². The van der Waals surface area contributed by atoms with Crippen LogP contribution in [-0.2, 0) is 6.54 Å². The Hall–Kier alpha value is -2.55. The van der Waals surface area contributed by atoms with Crippen molar-refractivity contribution in [3.63, 3.8) is 0 Å². The van der Waals surface area contributed by atoms with Crippen molar-refractivity contribution in [3.8, 4) is 0 Å². The van der Waals surface area contributed by atoms with Crippen LogP contribution in [0, 0.1) is 10.1 Å². The van der Waals surface area contributed by atoms with Gasteiger partial charge in [-0.15, -0.1) is 5.10 Å². The third-order valence-corrected chi connectivity index (χ3v) is 2.68. The van der Waals surface area contributed by atoms with E-state index in [0.717, 1.165) is 0 Å². The molecular formula is C10H9ClN6O3. The van der Waals surface area contributed by atoms with Gasteiger partial charge in [-0.2, -0.15) is 0 Å². The highest BCUT2D eigenvalue weighted by atomic mass is 35.5. The lowest BCUT2D eigenvalue weighted by Gasteiger charge is -2.06. The summed E-state index contributed by atoms with van der Waals surface area (Å²) in [6.07, 6.45) is 4.38. The van der Waals surface area contributed by atoms with E-state index in [1.165, 1.54) is 23.1 Å². The summed E-state index contributed by atoms with van der Waals surface area (Å²) in [6, 6.07) is 1.24. The fraction of sp³-hybridized carbons (Fsp3) is 0.200. The number of aromatic nitrogens is 4. The van der Waals surface area contributed by atoms with E-state index in [2.05, 4.69) is 20.6 Å². The molecule has 2 rings (SSSR count). The minimum absolute atomic E-state index is 0.131. The summed E-state index contributed by atoms with van der Waals surface area (Å²) in [4.78, 5) is 25.6. The normalized spacial score (nSPS) is 10.2. The van der Waals surface area contributed by atoms with Gasteiger partial charge < -0.3 is 5.32 Å². The maximum atomic E-state index is 11.9. The summed E-state index contributed by atoms with van der Waals surface area (Å²) < 4.78 is 1.52. The molecule has 0 spiro atoms. The van der Waals surface area contributed by atoms with Crippen molar-refractivity contribution in [2.24, 2.45) is 0 Å². The highest BCUT2D eigenvalue weighted by molar-refractivity contribution is 6.32. The fourth-order valence-corrected chi connectivity index (χ4v) is 1.74. The van der Waals surface area contributed by atoms with Crippen molar-refractivity contribution in [2.75, 3.05) is 6.54 Å². The standard InChI is InChI=1S/C10H9ClN6O3/c11-9-8(17(19)20)7(1-2-12-9)10(18)13-3-5-16-6-4-14-15-16/h1-2,4,6H,3,5H2,(H,13,18). The molecule has 20 heavy (non-hydrogen) atoms. The molecule has 0 aromatic carbocycles. The number of hydrogen-bond donors (Lipinski definition) is 1. The van der Waals surface area contributed by atoms with Crippen LogP contribution in [0.3, 0.4) is 0 Å². The lowest BCUT2D eigenvalue weighted by Crippen LogP contribution is -2.28. The number of hydrogen-bond acceptors (Lipinski definition) is 6. The average molecular weight is 297 g/mol. The molecule has 2 aromatic rings.